The molecule has 0 aliphatic heterocycles. The molecule has 3 heterocycles. The number of aromatic hydroxyl groups is 1. The van der Waals surface area contributed by atoms with Gasteiger partial charge in [0.1, 0.15) is 40.0 Å². The first-order valence-corrected chi connectivity index (χ1v) is 12.7. The van der Waals surface area contributed by atoms with Crippen LogP contribution in [0.3, 0.4) is 0 Å². The summed E-state index contributed by atoms with van der Waals surface area (Å²) in [6.07, 6.45) is 2.82. The molecule has 10 heteroatoms. The number of hydrogen-bond donors (Lipinski definition) is 2. The van der Waals surface area contributed by atoms with E-state index in [0.29, 0.717) is 53.7 Å². The Morgan fingerprint density at radius 3 is 2.69 bits per heavy atom. The maximum Gasteiger partial charge on any atom is 0.270 e. The van der Waals surface area contributed by atoms with Crippen molar-refractivity contribution < 1.29 is 19.0 Å². The molecular weight excluding hydrogens is 499 g/mol. The zero-order valence-electron chi connectivity index (χ0n) is 21.1. The van der Waals surface area contributed by atoms with Crippen LogP contribution in [-0.4, -0.2) is 48.4 Å². The lowest BCUT2D eigenvalue weighted by molar-refractivity contribution is 0.0902. The predicted octanol–water partition coefficient (Wildman–Crippen LogP) is 4.80. The average Bonchev–Trinajstić information content (AvgIpc) is 3.35. The molecule has 5 aromatic rings. The van der Waals surface area contributed by atoms with Gasteiger partial charge in [0.05, 0.1) is 18.5 Å². The normalized spacial score (nSPS) is 16.6. The number of rotatable bonds is 7. The number of benzene rings is 2. The molecule has 0 bridgehead atoms. The molecule has 0 unspecified atom stereocenters. The number of amides is 1. The fourth-order valence-corrected chi connectivity index (χ4v) is 4.83. The number of phenolic OH excluding ortho intramolecular Hbond substituents is 1. The molecule has 39 heavy (non-hydrogen) atoms. The first-order valence-electron chi connectivity index (χ1n) is 12.7. The van der Waals surface area contributed by atoms with Crippen molar-refractivity contribution in [3.05, 3.63) is 90.3 Å². The molecule has 1 amide bonds. The van der Waals surface area contributed by atoms with Crippen molar-refractivity contribution in [2.45, 2.75) is 31.7 Å². The number of nitrogens with one attached hydrogen (secondary N) is 1. The van der Waals surface area contributed by atoms with Gasteiger partial charge < -0.3 is 15.2 Å². The summed E-state index contributed by atoms with van der Waals surface area (Å²) in [5, 5.41) is 22.6. The second-order valence-electron chi connectivity index (χ2n) is 9.36. The lowest BCUT2D eigenvalue weighted by atomic mass is 9.79. The third kappa shape index (κ3) is 4.65. The van der Waals surface area contributed by atoms with E-state index in [9.17, 15) is 14.3 Å². The van der Waals surface area contributed by atoms with E-state index in [0.717, 1.165) is 5.39 Å². The van der Waals surface area contributed by atoms with Crippen molar-refractivity contribution in [3.63, 3.8) is 0 Å². The summed E-state index contributed by atoms with van der Waals surface area (Å²) in [6.45, 7) is 2.42. The molecule has 0 spiro atoms. The Balaban J connectivity index is 1.23. The highest BCUT2D eigenvalue weighted by molar-refractivity contribution is 5.96. The summed E-state index contributed by atoms with van der Waals surface area (Å²) >= 11 is 0. The fraction of sp³-hybridized carbons (Fsp3) is 0.207. The average molecular weight is 525 g/mol. The summed E-state index contributed by atoms with van der Waals surface area (Å²) in [4.78, 5) is 21.7. The van der Waals surface area contributed by atoms with Crippen LogP contribution in [0.4, 0.5) is 4.39 Å². The zero-order chi connectivity index (χ0) is 26.9. The van der Waals surface area contributed by atoms with Gasteiger partial charge in [-0.1, -0.05) is 30.3 Å². The Kier molecular flexibility index (Phi) is 6.36. The van der Waals surface area contributed by atoms with Crippen LogP contribution in [0.15, 0.2) is 72.9 Å². The smallest absolute Gasteiger partial charge is 0.270 e. The fourth-order valence-electron chi connectivity index (χ4n) is 4.83. The summed E-state index contributed by atoms with van der Waals surface area (Å²) in [6, 6.07) is 18.4. The number of nitrogens with zero attached hydrogens (tertiary/aromatic N) is 5. The minimum absolute atomic E-state index is 0.0242. The molecule has 0 atom stereocenters. The molecule has 2 aromatic carbocycles. The standard InChI is InChI=1S/C29H25FN6O3/c1-2-39-20-11-13-22(31-16-20)28-35-34-27(36(28)24-8-4-3-7-21(24)30)18-14-19(15-18)32-29(38)23-12-10-17-6-5-9-25(37)26(17)33-23/h3-13,16,18-19,37H,2,14-15H2,1H3,(H,32,38)/t18-,19-. The topological polar surface area (TPSA) is 115 Å². The van der Waals surface area contributed by atoms with Crippen LogP contribution in [-0.2, 0) is 0 Å². The highest BCUT2D eigenvalue weighted by Gasteiger charge is 2.36. The van der Waals surface area contributed by atoms with Gasteiger partial charge in [-0.2, -0.15) is 0 Å². The summed E-state index contributed by atoms with van der Waals surface area (Å²) in [5.74, 6) is 0.908. The molecular formula is C29H25FN6O3. The molecule has 196 valence electrons. The Bertz CT molecular complexity index is 1660. The largest absolute Gasteiger partial charge is 0.506 e. The molecule has 2 N–H and O–H groups in total. The Hall–Kier alpha value is -4.86. The number of para-hydroxylation sites is 2. The first-order chi connectivity index (χ1) is 19.0. The summed E-state index contributed by atoms with van der Waals surface area (Å²) in [5.41, 5.74) is 1.47. The third-order valence-electron chi connectivity index (χ3n) is 6.83. The molecule has 9 nitrogen and oxygen atoms in total. The zero-order valence-corrected chi connectivity index (χ0v) is 21.1. The van der Waals surface area contributed by atoms with Crippen LogP contribution in [0, 0.1) is 5.82 Å². The van der Waals surface area contributed by atoms with Crippen LogP contribution in [0.5, 0.6) is 11.5 Å². The second kappa shape index (κ2) is 10.1. The van der Waals surface area contributed by atoms with Gasteiger partial charge in [0, 0.05) is 17.3 Å². The van der Waals surface area contributed by atoms with Crippen LogP contribution >= 0.6 is 0 Å². The SMILES string of the molecule is CCOc1ccc(-c2nnc([C@H]3C[C@H](NC(=O)c4ccc5cccc(O)c5n4)C3)n2-c2ccccc2F)nc1. The van der Waals surface area contributed by atoms with Gasteiger partial charge in [-0.25, -0.2) is 14.4 Å². The van der Waals surface area contributed by atoms with Gasteiger partial charge in [0.15, 0.2) is 5.82 Å². The quantitative estimate of drug-likeness (QED) is 0.314. The van der Waals surface area contributed by atoms with Gasteiger partial charge >= 0.3 is 0 Å². The van der Waals surface area contributed by atoms with Gasteiger partial charge in [0.25, 0.3) is 5.91 Å². The van der Waals surface area contributed by atoms with E-state index in [2.05, 4.69) is 25.5 Å². The highest BCUT2D eigenvalue weighted by Crippen LogP contribution is 2.39. The van der Waals surface area contributed by atoms with Crippen molar-refractivity contribution in [1.29, 1.82) is 0 Å². The summed E-state index contributed by atoms with van der Waals surface area (Å²) in [7, 11) is 0. The van der Waals surface area contributed by atoms with E-state index < -0.39 is 5.82 Å². The molecule has 0 radical (unpaired) electrons. The number of fused-ring (bicyclic) bond motifs is 1. The monoisotopic (exact) mass is 524 g/mol. The van der Waals surface area contributed by atoms with E-state index in [-0.39, 0.29) is 29.3 Å². The van der Waals surface area contributed by atoms with Crippen molar-refractivity contribution in [1.82, 2.24) is 30.0 Å². The third-order valence-corrected chi connectivity index (χ3v) is 6.83. The van der Waals surface area contributed by atoms with E-state index in [1.54, 1.807) is 59.3 Å². The minimum atomic E-state index is -0.402. The maximum absolute atomic E-state index is 15.0. The number of carbonyl (C=O) groups excluding carboxylic acids is 1. The second-order valence-corrected chi connectivity index (χ2v) is 9.36. The van der Waals surface area contributed by atoms with Crippen LogP contribution in [0.1, 0.15) is 42.0 Å². The van der Waals surface area contributed by atoms with Gasteiger partial charge in [-0.3, -0.25) is 9.36 Å². The minimum Gasteiger partial charge on any atom is -0.506 e. The van der Waals surface area contributed by atoms with Gasteiger partial charge in [0.2, 0.25) is 0 Å². The molecule has 6 rings (SSSR count). The number of pyridine rings is 2. The maximum atomic E-state index is 15.0. The molecule has 3 aromatic heterocycles. The number of phenols is 1. The Morgan fingerprint density at radius 2 is 1.92 bits per heavy atom. The van der Waals surface area contributed by atoms with E-state index in [4.69, 9.17) is 4.74 Å². The molecule has 1 saturated carbocycles. The summed E-state index contributed by atoms with van der Waals surface area (Å²) < 4.78 is 22.1. The van der Waals surface area contributed by atoms with Crippen LogP contribution in [0.25, 0.3) is 28.1 Å². The Labute approximate surface area is 223 Å². The number of hydrogen-bond acceptors (Lipinski definition) is 7. The molecule has 0 saturated heterocycles. The number of aromatic nitrogens is 5. The van der Waals surface area contributed by atoms with E-state index in [1.807, 2.05) is 13.0 Å². The lowest BCUT2D eigenvalue weighted by Gasteiger charge is -2.35. The van der Waals surface area contributed by atoms with E-state index >= 15 is 0 Å². The number of halogens is 1. The number of ether oxygens (including phenoxy) is 1. The van der Waals surface area contributed by atoms with Crippen LogP contribution in [0.2, 0.25) is 0 Å². The van der Waals surface area contributed by atoms with Gasteiger partial charge in [-0.05, 0) is 56.2 Å². The molecule has 1 aliphatic carbocycles. The van der Waals surface area contributed by atoms with Crippen molar-refractivity contribution in [2.75, 3.05) is 6.61 Å². The first kappa shape index (κ1) is 24.5. The van der Waals surface area contributed by atoms with Gasteiger partial charge in [-0.15, -0.1) is 10.2 Å². The van der Waals surface area contributed by atoms with Crippen molar-refractivity contribution in [3.8, 4) is 28.7 Å². The van der Waals surface area contributed by atoms with Crippen molar-refractivity contribution >= 4 is 16.8 Å². The van der Waals surface area contributed by atoms with Crippen LogP contribution < -0.4 is 10.1 Å². The lowest BCUT2D eigenvalue weighted by Crippen LogP contribution is -2.44. The number of carbonyl (C=O) groups is 1. The highest BCUT2D eigenvalue weighted by atomic mass is 19.1. The predicted molar refractivity (Wildman–Crippen MR) is 142 cm³/mol. The Morgan fingerprint density at radius 1 is 1.08 bits per heavy atom. The van der Waals surface area contributed by atoms with E-state index in [1.165, 1.54) is 12.1 Å². The molecule has 1 aliphatic rings. The van der Waals surface area contributed by atoms with Crippen molar-refractivity contribution in [2.24, 2.45) is 0 Å². The molecule has 1 fully saturated rings.